The van der Waals surface area contributed by atoms with Gasteiger partial charge in [-0.3, -0.25) is 5.10 Å². The number of nitrogens with zero attached hydrogens (tertiary/aromatic N) is 2. The van der Waals surface area contributed by atoms with Crippen molar-refractivity contribution in [1.29, 1.82) is 0 Å². The van der Waals surface area contributed by atoms with Crippen LogP contribution in [0.2, 0.25) is 0 Å². The monoisotopic (exact) mass is 200 g/mol. The van der Waals surface area contributed by atoms with Crippen LogP contribution in [0.5, 0.6) is 0 Å². The molecule has 0 atom stereocenters. The third kappa shape index (κ3) is 1.25. The fourth-order valence-corrected chi connectivity index (χ4v) is 1.53. The number of rotatable bonds is 1. The third-order valence-corrected chi connectivity index (χ3v) is 2.26. The smallest absolute Gasteiger partial charge is 0.222 e. The van der Waals surface area contributed by atoms with E-state index in [4.69, 9.17) is 10.3 Å². The van der Waals surface area contributed by atoms with Crippen LogP contribution >= 0.6 is 0 Å². The molecule has 0 radical (unpaired) electrons. The van der Waals surface area contributed by atoms with Crippen LogP contribution in [-0.4, -0.2) is 15.4 Å². The molecule has 3 rings (SSSR count). The molecule has 2 aromatic heterocycles. The first-order chi connectivity index (χ1) is 7.33. The van der Waals surface area contributed by atoms with Crippen LogP contribution < -0.4 is 5.73 Å². The fourth-order valence-electron chi connectivity index (χ4n) is 1.53. The van der Waals surface area contributed by atoms with Crippen LogP contribution in [-0.2, 0) is 0 Å². The van der Waals surface area contributed by atoms with E-state index in [0.717, 1.165) is 22.2 Å². The second-order valence-electron chi connectivity index (χ2n) is 3.29. The Labute approximate surface area is 84.9 Å². The van der Waals surface area contributed by atoms with Gasteiger partial charge >= 0.3 is 0 Å². The summed E-state index contributed by atoms with van der Waals surface area (Å²) in [5.74, 6) is 0.317. The summed E-state index contributed by atoms with van der Waals surface area (Å²) in [6, 6.07) is 7.57. The average molecular weight is 200 g/mol. The number of aromatic nitrogens is 3. The van der Waals surface area contributed by atoms with E-state index in [-0.39, 0.29) is 0 Å². The molecule has 0 aliphatic rings. The SMILES string of the molecule is Nc1cc(-c2ccc3[nH]ncc3c2)no1. The highest BCUT2D eigenvalue weighted by Crippen LogP contribution is 2.23. The number of nitrogens with two attached hydrogens (primary N) is 1. The van der Waals surface area contributed by atoms with E-state index >= 15 is 0 Å². The van der Waals surface area contributed by atoms with Crippen molar-refractivity contribution in [2.75, 3.05) is 5.73 Å². The molecule has 3 N–H and O–H groups in total. The number of aromatic amines is 1. The Hall–Kier alpha value is -2.30. The van der Waals surface area contributed by atoms with Gasteiger partial charge < -0.3 is 10.3 Å². The van der Waals surface area contributed by atoms with Crippen LogP contribution in [0, 0.1) is 0 Å². The number of fused-ring (bicyclic) bond motifs is 1. The Bertz CT molecular complexity index is 610. The maximum absolute atomic E-state index is 5.46. The van der Waals surface area contributed by atoms with Crippen molar-refractivity contribution in [2.24, 2.45) is 0 Å². The van der Waals surface area contributed by atoms with E-state index in [1.807, 2.05) is 18.2 Å². The van der Waals surface area contributed by atoms with Gasteiger partial charge in [-0.05, 0) is 12.1 Å². The van der Waals surface area contributed by atoms with E-state index < -0.39 is 0 Å². The molecule has 3 aromatic rings. The zero-order valence-electron chi connectivity index (χ0n) is 7.77. The maximum Gasteiger partial charge on any atom is 0.222 e. The van der Waals surface area contributed by atoms with Gasteiger partial charge in [0.2, 0.25) is 5.88 Å². The highest BCUT2D eigenvalue weighted by atomic mass is 16.5. The first-order valence-electron chi connectivity index (χ1n) is 4.48. The lowest BCUT2D eigenvalue weighted by Crippen LogP contribution is -1.77. The summed E-state index contributed by atoms with van der Waals surface area (Å²) in [5, 5.41) is 11.7. The van der Waals surface area contributed by atoms with Gasteiger partial charge in [-0.25, -0.2) is 0 Å². The lowest BCUT2D eigenvalue weighted by Gasteiger charge is -1.94. The summed E-state index contributed by atoms with van der Waals surface area (Å²) in [7, 11) is 0. The number of nitrogen functional groups attached to an aromatic ring is 1. The molecule has 0 bridgehead atoms. The average Bonchev–Trinajstić information content (AvgIpc) is 2.84. The minimum absolute atomic E-state index is 0.317. The second-order valence-corrected chi connectivity index (χ2v) is 3.29. The predicted octanol–water partition coefficient (Wildman–Crippen LogP) is 1.80. The Balaban J connectivity index is 2.18. The zero-order valence-corrected chi connectivity index (χ0v) is 7.77. The van der Waals surface area contributed by atoms with Crippen LogP contribution in [0.3, 0.4) is 0 Å². The van der Waals surface area contributed by atoms with Gasteiger partial charge in [0.05, 0.1) is 11.7 Å². The zero-order chi connectivity index (χ0) is 10.3. The van der Waals surface area contributed by atoms with Gasteiger partial charge in [0, 0.05) is 17.0 Å². The maximum atomic E-state index is 5.46. The fraction of sp³-hybridized carbons (Fsp3) is 0. The molecule has 0 aliphatic heterocycles. The van der Waals surface area contributed by atoms with E-state index in [2.05, 4.69) is 15.4 Å². The van der Waals surface area contributed by atoms with Crippen LogP contribution in [0.1, 0.15) is 0 Å². The normalized spacial score (nSPS) is 10.9. The lowest BCUT2D eigenvalue weighted by atomic mass is 10.1. The lowest BCUT2D eigenvalue weighted by molar-refractivity contribution is 0.439. The summed E-state index contributed by atoms with van der Waals surface area (Å²) in [5.41, 5.74) is 8.15. The Morgan fingerprint density at radius 3 is 3.00 bits per heavy atom. The van der Waals surface area contributed by atoms with Crippen molar-refractivity contribution in [2.45, 2.75) is 0 Å². The van der Waals surface area contributed by atoms with Crippen LogP contribution in [0.25, 0.3) is 22.2 Å². The molecule has 0 aliphatic carbocycles. The highest BCUT2D eigenvalue weighted by Gasteiger charge is 2.05. The summed E-state index contributed by atoms with van der Waals surface area (Å²) in [6.45, 7) is 0. The summed E-state index contributed by atoms with van der Waals surface area (Å²) in [4.78, 5) is 0. The van der Waals surface area contributed by atoms with E-state index in [1.165, 1.54) is 0 Å². The van der Waals surface area contributed by atoms with Gasteiger partial charge in [0.1, 0.15) is 5.69 Å². The minimum Gasteiger partial charge on any atom is -0.368 e. The Morgan fingerprint density at radius 1 is 1.27 bits per heavy atom. The van der Waals surface area contributed by atoms with Crippen LogP contribution in [0.15, 0.2) is 35.0 Å². The second kappa shape index (κ2) is 2.84. The molecule has 0 fully saturated rings. The summed E-state index contributed by atoms with van der Waals surface area (Å²) >= 11 is 0. The molecule has 74 valence electrons. The number of anilines is 1. The van der Waals surface area contributed by atoms with Crippen molar-refractivity contribution >= 4 is 16.8 Å². The van der Waals surface area contributed by atoms with Gasteiger partial charge in [-0.15, -0.1) is 0 Å². The van der Waals surface area contributed by atoms with Crippen molar-refractivity contribution in [1.82, 2.24) is 15.4 Å². The van der Waals surface area contributed by atoms with E-state index in [1.54, 1.807) is 12.3 Å². The van der Waals surface area contributed by atoms with Gasteiger partial charge in [-0.2, -0.15) is 5.10 Å². The molecule has 0 saturated heterocycles. The van der Waals surface area contributed by atoms with Crippen molar-refractivity contribution in [3.8, 4) is 11.3 Å². The first-order valence-corrected chi connectivity index (χ1v) is 4.48. The molecular weight excluding hydrogens is 192 g/mol. The first kappa shape index (κ1) is 8.05. The molecule has 2 heterocycles. The number of hydrogen-bond donors (Lipinski definition) is 2. The largest absolute Gasteiger partial charge is 0.368 e. The molecule has 0 saturated carbocycles. The molecule has 15 heavy (non-hydrogen) atoms. The Kier molecular flexibility index (Phi) is 1.53. The topological polar surface area (TPSA) is 80.7 Å². The highest BCUT2D eigenvalue weighted by molar-refractivity contribution is 5.83. The van der Waals surface area contributed by atoms with Crippen LogP contribution in [0.4, 0.5) is 5.88 Å². The number of nitrogens with one attached hydrogen (secondary N) is 1. The third-order valence-electron chi connectivity index (χ3n) is 2.26. The van der Waals surface area contributed by atoms with E-state index in [9.17, 15) is 0 Å². The van der Waals surface area contributed by atoms with Crippen molar-refractivity contribution in [3.63, 3.8) is 0 Å². The van der Waals surface area contributed by atoms with Gasteiger partial charge in [-0.1, -0.05) is 11.2 Å². The van der Waals surface area contributed by atoms with Crippen molar-refractivity contribution in [3.05, 3.63) is 30.5 Å². The molecular formula is C10H8N4O. The number of hydrogen-bond acceptors (Lipinski definition) is 4. The molecule has 1 aromatic carbocycles. The van der Waals surface area contributed by atoms with Crippen molar-refractivity contribution < 1.29 is 4.52 Å². The molecule has 5 heteroatoms. The molecule has 0 unspecified atom stereocenters. The standard InChI is InChI=1S/C10H8N4O/c11-10-4-9(14-15-10)6-1-2-8-7(3-6)5-12-13-8/h1-5H,11H2,(H,12,13). The minimum atomic E-state index is 0.317. The molecule has 5 nitrogen and oxygen atoms in total. The number of H-pyrrole nitrogens is 1. The quantitative estimate of drug-likeness (QED) is 0.627. The molecule has 0 amide bonds. The summed E-state index contributed by atoms with van der Waals surface area (Å²) < 4.78 is 4.82. The summed E-state index contributed by atoms with van der Waals surface area (Å²) in [6.07, 6.45) is 1.77. The number of benzene rings is 1. The van der Waals surface area contributed by atoms with E-state index in [0.29, 0.717) is 5.88 Å². The van der Waals surface area contributed by atoms with Gasteiger partial charge in [0.15, 0.2) is 0 Å². The molecule has 0 spiro atoms. The van der Waals surface area contributed by atoms with Gasteiger partial charge in [0.25, 0.3) is 0 Å². The Morgan fingerprint density at radius 2 is 2.20 bits per heavy atom. The predicted molar refractivity (Wildman–Crippen MR) is 56.0 cm³/mol.